The molecule has 0 saturated carbocycles. The standard InChI is InChI=1S/C14H14ClN3O5S3/c1-3-23-11(19)7-24-14-18-17-13(25-14)16-12(20)9-6-8(26(2,21)22)4-5-10(9)15/h4-6H,3,7H2,1-2H3,(H,16,17,20). The van der Waals surface area contributed by atoms with E-state index in [1.807, 2.05) is 0 Å². The van der Waals surface area contributed by atoms with Gasteiger partial charge in [-0.2, -0.15) is 0 Å². The molecule has 1 aromatic heterocycles. The molecule has 0 fully saturated rings. The smallest absolute Gasteiger partial charge is 0.316 e. The normalized spacial score (nSPS) is 11.2. The zero-order valence-corrected chi connectivity index (χ0v) is 16.9. The number of halogens is 1. The number of aromatic nitrogens is 2. The lowest BCUT2D eigenvalue weighted by atomic mass is 10.2. The molecule has 0 bridgehead atoms. The van der Waals surface area contributed by atoms with Crippen molar-refractivity contribution in [2.24, 2.45) is 0 Å². The largest absolute Gasteiger partial charge is 0.465 e. The van der Waals surface area contributed by atoms with Crippen LogP contribution >= 0.6 is 34.7 Å². The first kappa shape index (κ1) is 20.6. The minimum Gasteiger partial charge on any atom is -0.465 e. The van der Waals surface area contributed by atoms with Gasteiger partial charge < -0.3 is 4.74 Å². The van der Waals surface area contributed by atoms with Gasteiger partial charge in [-0.3, -0.25) is 14.9 Å². The number of anilines is 1. The van der Waals surface area contributed by atoms with Gasteiger partial charge in [-0.05, 0) is 25.1 Å². The lowest BCUT2D eigenvalue weighted by Gasteiger charge is -2.06. The van der Waals surface area contributed by atoms with Crippen LogP contribution in [0.15, 0.2) is 27.4 Å². The number of sulfone groups is 1. The third kappa shape index (κ3) is 5.66. The van der Waals surface area contributed by atoms with E-state index in [0.717, 1.165) is 29.4 Å². The molecule has 0 aliphatic rings. The number of hydrogen-bond donors (Lipinski definition) is 1. The van der Waals surface area contributed by atoms with Gasteiger partial charge in [-0.1, -0.05) is 34.7 Å². The zero-order valence-electron chi connectivity index (χ0n) is 13.7. The average molecular weight is 436 g/mol. The van der Waals surface area contributed by atoms with Gasteiger partial charge in [0.25, 0.3) is 5.91 Å². The van der Waals surface area contributed by atoms with Crippen molar-refractivity contribution in [3.05, 3.63) is 28.8 Å². The van der Waals surface area contributed by atoms with Crippen LogP contribution in [0.4, 0.5) is 5.13 Å². The van der Waals surface area contributed by atoms with Gasteiger partial charge in [-0.25, -0.2) is 8.42 Å². The molecule has 1 N–H and O–H groups in total. The van der Waals surface area contributed by atoms with Crippen LogP contribution < -0.4 is 5.32 Å². The maximum absolute atomic E-state index is 12.3. The van der Waals surface area contributed by atoms with E-state index in [-0.39, 0.29) is 32.3 Å². The summed E-state index contributed by atoms with van der Waals surface area (Å²) in [7, 11) is -3.48. The Hall–Kier alpha value is -1.69. The summed E-state index contributed by atoms with van der Waals surface area (Å²) in [6, 6.07) is 3.86. The topological polar surface area (TPSA) is 115 Å². The van der Waals surface area contributed by atoms with Crippen LogP contribution in [0, 0.1) is 0 Å². The highest BCUT2D eigenvalue weighted by Crippen LogP contribution is 2.27. The van der Waals surface area contributed by atoms with Crippen LogP contribution in [0.5, 0.6) is 0 Å². The third-order valence-corrected chi connectivity index (χ3v) is 6.24. The van der Waals surface area contributed by atoms with Gasteiger partial charge in [0.05, 0.1) is 27.8 Å². The molecule has 0 spiro atoms. The first-order valence-corrected chi connectivity index (χ1v) is 11.2. The fraction of sp³-hybridized carbons (Fsp3) is 0.286. The molecule has 0 unspecified atom stereocenters. The molecule has 0 saturated heterocycles. The zero-order chi connectivity index (χ0) is 19.3. The SMILES string of the molecule is CCOC(=O)CSc1nnc(NC(=O)c2cc(S(C)(=O)=O)ccc2Cl)s1. The maximum atomic E-state index is 12.3. The number of hydrogen-bond acceptors (Lipinski definition) is 9. The van der Waals surface area contributed by atoms with Crippen molar-refractivity contribution in [1.82, 2.24) is 10.2 Å². The summed E-state index contributed by atoms with van der Waals surface area (Å²) in [6.07, 6.45) is 1.04. The van der Waals surface area contributed by atoms with Crippen molar-refractivity contribution >= 4 is 61.5 Å². The Balaban J connectivity index is 2.08. The van der Waals surface area contributed by atoms with Crippen LogP contribution in [0.25, 0.3) is 0 Å². The molecule has 12 heteroatoms. The third-order valence-electron chi connectivity index (χ3n) is 2.86. The van der Waals surface area contributed by atoms with E-state index in [0.29, 0.717) is 10.9 Å². The number of thioether (sulfide) groups is 1. The minimum absolute atomic E-state index is 0.00511. The summed E-state index contributed by atoms with van der Waals surface area (Å²) in [4.78, 5) is 23.6. The molecular formula is C14H14ClN3O5S3. The molecule has 2 rings (SSSR count). The monoisotopic (exact) mass is 435 g/mol. The van der Waals surface area contributed by atoms with Gasteiger partial charge in [0.1, 0.15) is 0 Å². The number of nitrogens with zero attached hydrogens (tertiary/aromatic N) is 2. The Morgan fingerprint density at radius 1 is 1.35 bits per heavy atom. The lowest BCUT2D eigenvalue weighted by Crippen LogP contribution is -2.13. The highest BCUT2D eigenvalue weighted by molar-refractivity contribution is 8.01. The first-order valence-electron chi connectivity index (χ1n) is 7.13. The molecule has 0 radical (unpaired) electrons. The number of carbonyl (C=O) groups excluding carboxylic acids is 2. The van der Waals surface area contributed by atoms with Crippen LogP contribution in [0.2, 0.25) is 5.02 Å². The van der Waals surface area contributed by atoms with Gasteiger partial charge in [0.2, 0.25) is 5.13 Å². The van der Waals surface area contributed by atoms with E-state index in [2.05, 4.69) is 15.5 Å². The second kappa shape index (κ2) is 8.80. The van der Waals surface area contributed by atoms with E-state index in [9.17, 15) is 18.0 Å². The summed E-state index contributed by atoms with van der Waals surface area (Å²) < 4.78 is 28.5. The molecule has 0 atom stereocenters. The average Bonchev–Trinajstić information content (AvgIpc) is 3.00. The Bertz CT molecular complexity index is 930. The Kier molecular flexibility index (Phi) is 6.98. The fourth-order valence-electron chi connectivity index (χ4n) is 1.72. The van der Waals surface area contributed by atoms with Crippen LogP contribution in [-0.2, 0) is 19.4 Å². The minimum atomic E-state index is -3.48. The number of nitrogens with one attached hydrogen (secondary N) is 1. The maximum Gasteiger partial charge on any atom is 0.316 e. The Morgan fingerprint density at radius 3 is 2.73 bits per heavy atom. The van der Waals surface area contributed by atoms with Crippen molar-refractivity contribution in [3.63, 3.8) is 0 Å². The van der Waals surface area contributed by atoms with Crippen molar-refractivity contribution in [2.75, 3.05) is 23.9 Å². The van der Waals surface area contributed by atoms with Gasteiger partial charge in [-0.15, -0.1) is 10.2 Å². The predicted octanol–water partition coefficient (Wildman–Crippen LogP) is 2.50. The lowest BCUT2D eigenvalue weighted by molar-refractivity contribution is -0.139. The van der Waals surface area contributed by atoms with E-state index in [1.165, 1.54) is 18.2 Å². The Morgan fingerprint density at radius 2 is 2.08 bits per heavy atom. The fourth-order valence-corrected chi connectivity index (χ4v) is 4.11. The summed E-state index contributed by atoms with van der Waals surface area (Å²) >= 11 is 8.19. The molecule has 1 amide bonds. The molecular weight excluding hydrogens is 422 g/mol. The van der Waals surface area contributed by atoms with Crippen LogP contribution in [-0.4, -0.2) is 49.1 Å². The second-order valence-electron chi connectivity index (χ2n) is 4.83. The summed E-state index contributed by atoms with van der Waals surface area (Å²) in [6.45, 7) is 2.01. The van der Waals surface area contributed by atoms with Gasteiger partial charge in [0, 0.05) is 6.26 Å². The number of benzene rings is 1. The number of carbonyl (C=O) groups is 2. The molecule has 2 aromatic rings. The number of rotatable bonds is 7. The van der Waals surface area contributed by atoms with E-state index < -0.39 is 15.7 Å². The molecule has 26 heavy (non-hydrogen) atoms. The molecule has 8 nitrogen and oxygen atoms in total. The number of amides is 1. The highest BCUT2D eigenvalue weighted by atomic mass is 35.5. The van der Waals surface area contributed by atoms with Crippen molar-refractivity contribution in [2.45, 2.75) is 16.2 Å². The quantitative estimate of drug-likeness (QED) is 0.400. The molecule has 0 aliphatic carbocycles. The molecule has 1 aromatic carbocycles. The van der Waals surface area contributed by atoms with Crippen LogP contribution in [0.3, 0.4) is 0 Å². The predicted molar refractivity (Wildman–Crippen MR) is 99.8 cm³/mol. The Labute approximate surface area is 163 Å². The number of ether oxygens (including phenoxy) is 1. The van der Waals surface area contributed by atoms with Gasteiger partial charge >= 0.3 is 5.97 Å². The van der Waals surface area contributed by atoms with Crippen LogP contribution in [0.1, 0.15) is 17.3 Å². The summed E-state index contributed by atoms with van der Waals surface area (Å²) in [5.41, 5.74) is 0.00511. The van der Waals surface area contributed by atoms with E-state index in [4.69, 9.17) is 16.3 Å². The second-order valence-corrected chi connectivity index (χ2v) is 9.46. The van der Waals surface area contributed by atoms with Crippen molar-refractivity contribution < 1.29 is 22.7 Å². The van der Waals surface area contributed by atoms with Gasteiger partial charge in [0.15, 0.2) is 14.2 Å². The molecule has 1 heterocycles. The van der Waals surface area contributed by atoms with E-state index >= 15 is 0 Å². The molecule has 140 valence electrons. The highest BCUT2D eigenvalue weighted by Gasteiger charge is 2.17. The molecule has 0 aliphatic heterocycles. The first-order chi connectivity index (χ1) is 12.2. The van der Waals surface area contributed by atoms with Crippen molar-refractivity contribution in [1.29, 1.82) is 0 Å². The summed E-state index contributed by atoms with van der Waals surface area (Å²) in [5, 5.41) is 10.5. The summed E-state index contributed by atoms with van der Waals surface area (Å²) in [5.74, 6) is -0.903. The van der Waals surface area contributed by atoms with E-state index in [1.54, 1.807) is 6.92 Å². The van der Waals surface area contributed by atoms with Crippen molar-refractivity contribution in [3.8, 4) is 0 Å². The number of esters is 1.